The van der Waals surface area contributed by atoms with Crippen LogP contribution in [0.3, 0.4) is 0 Å². The lowest BCUT2D eigenvalue weighted by molar-refractivity contribution is -0.130. The van der Waals surface area contributed by atoms with E-state index in [9.17, 15) is 18.0 Å². The van der Waals surface area contributed by atoms with Gasteiger partial charge in [0, 0.05) is 24.7 Å². The minimum atomic E-state index is -3.58. The minimum Gasteiger partial charge on any atom is -0.344 e. The summed E-state index contributed by atoms with van der Waals surface area (Å²) in [5.41, 5.74) is 3.74. The van der Waals surface area contributed by atoms with E-state index < -0.39 is 16.1 Å². The fourth-order valence-corrected chi connectivity index (χ4v) is 6.04. The van der Waals surface area contributed by atoms with Crippen LogP contribution in [-0.2, 0) is 19.6 Å². The van der Waals surface area contributed by atoms with E-state index in [4.69, 9.17) is 0 Å². The van der Waals surface area contributed by atoms with Crippen molar-refractivity contribution in [3.63, 3.8) is 0 Å². The Bertz CT molecular complexity index is 1140. The van der Waals surface area contributed by atoms with Crippen molar-refractivity contribution < 1.29 is 18.0 Å². The van der Waals surface area contributed by atoms with Crippen LogP contribution in [0.2, 0.25) is 0 Å². The monoisotopic (exact) mass is 517 g/mol. The van der Waals surface area contributed by atoms with Crippen LogP contribution in [0.4, 0.5) is 5.69 Å². The zero-order valence-electron chi connectivity index (χ0n) is 20.8. The molecule has 0 spiro atoms. The van der Waals surface area contributed by atoms with Gasteiger partial charge in [0.25, 0.3) is 0 Å². The number of sulfonamides is 1. The van der Waals surface area contributed by atoms with Crippen LogP contribution in [0.15, 0.2) is 47.4 Å². The van der Waals surface area contributed by atoms with E-state index in [2.05, 4.69) is 10.6 Å². The van der Waals surface area contributed by atoms with E-state index >= 15 is 0 Å². The first-order valence-electron chi connectivity index (χ1n) is 11.9. The van der Waals surface area contributed by atoms with Crippen molar-refractivity contribution in [2.24, 2.45) is 5.92 Å². The van der Waals surface area contributed by atoms with E-state index in [1.807, 2.05) is 45.2 Å². The molecule has 190 valence electrons. The molecule has 0 saturated carbocycles. The second-order valence-corrected chi connectivity index (χ2v) is 12.1. The summed E-state index contributed by atoms with van der Waals surface area (Å²) in [5, 5.41) is 5.90. The molecule has 2 amide bonds. The number of thioether (sulfide) groups is 1. The fourth-order valence-electron chi connectivity index (χ4n) is 4.10. The second-order valence-electron chi connectivity index (χ2n) is 9.14. The minimum absolute atomic E-state index is 0.195. The predicted molar refractivity (Wildman–Crippen MR) is 142 cm³/mol. The van der Waals surface area contributed by atoms with Gasteiger partial charge in [-0.15, -0.1) is 0 Å². The number of rotatable bonds is 9. The van der Waals surface area contributed by atoms with Gasteiger partial charge in [-0.1, -0.05) is 29.8 Å². The molecule has 0 radical (unpaired) electrons. The molecule has 7 nitrogen and oxygen atoms in total. The summed E-state index contributed by atoms with van der Waals surface area (Å²) in [5.74, 6) is -0.0249. The zero-order valence-corrected chi connectivity index (χ0v) is 22.5. The van der Waals surface area contributed by atoms with Crippen molar-refractivity contribution in [1.82, 2.24) is 9.62 Å². The molecule has 9 heteroatoms. The van der Waals surface area contributed by atoms with Crippen molar-refractivity contribution in [3.05, 3.63) is 59.2 Å². The highest BCUT2D eigenvalue weighted by molar-refractivity contribution is 7.98. The molecule has 1 aliphatic rings. The average Bonchev–Trinajstić information content (AvgIpc) is 2.84. The third kappa shape index (κ3) is 7.08. The molecule has 1 aliphatic heterocycles. The lowest BCUT2D eigenvalue weighted by Gasteiger charge is -2.31. The molecule has 1 atom stereocenters. The smallest absolute Gasteiger partial charge is 0.246 e. The van der Waals surface area contributed by atoms with Gasteiger partial charge in [-0.3, -0.25) is 9.59 Å². The van der Waals surface area contributed by atoms with Gasteiger partial charge in [0.15, 0.2) is 0 Å². The predicted octanol–water partition coefficient (Wildman–Crippen LogP) is 3.89. The standard InChI is InChI=1S/C26H35N3O4S2/c1-18-6-9-22(10-7-18)35(32,33)29-14-11-21(12-15-29)25(30)27-23(13-16-34-4)26(31)28-24-17-19(2)5-8-20(24)3/h5-10,17,21,23H,11-16H2,1-4H3,(H,27,30)(H,28,31)/t23-/m0/s1. The van der Waals surface area contributed by atoms with Crippen LogP contribution in [-0.4, -0.2) is 55.7 Å². The Morgan fingerprint density at radius 2 is 1.66 bits per heavy atom. The van der Waals surface area contributed by atoms with Gasteiger partial charge < -0.3 is 10.6 Å². The topological polar surface area (TPSA) is 95.6 Å². The molecular formula is C26H35N3O4S2. The molecule has 0 aliphatic carbocycles. The number of anilines is 1. The van der Waals surface area contributed by atoms with E-state index in [-0.39, 0.29) is 35.7 Å². The molecule has 0 bridgehead atoms. The van der Waals surface area contributed by atoms with Gasteiger partial charge in [0.2, 0.25) is 21.8 Å². The highest BCUT2D eigenvalue weighted by Crippen LogP contribution is 2.25. The molecule has 1 fully saturated rings. The van der Waals surface area contributed by atoms with Crippen LogP contribution < -0.4 is 10.6 Å². The SMILES string of the molecule is CSCC[C@H](NC(=O)C1CCN(S(=O)(=O)c2ccc(C)cc2)CC1)C(=O)Nc1cc(C)ccc1C. The fraction of sp³-hybridized carbons (Fsp3) is 0.462. The van der Waals surface area contributed by atoms with Gasteiger partial charge in [-0.2, -0.15) is 16.1 Å². The van der Waals surface area contributed by atoms with Crippen LogP contribution in [0.25, 0.3) is 0 Å². The summed E-state index contributed by atoms with van der Waals surface area (Å²) in [4.78, 5) is 26.4. The van der Waals surface area contributed by atoms with Crippen molar-refractivity contribution >= 4 is 39.3 Å². The largest absolute Gasteiger partial charge is 0.344 e. The first-order valence-corrected chi connectivity index (χ1v) is 14.7. The molecule has 3 rings (SSSR count). The Morgan fingerprint density at radius 1 is 1.03 bits per heavy atom. The third-order valence-corrected chi connectivity index (χ3v) is 8.93. The Kier molecular flexibility index (Phi) is 9.38. The maximum absolute atomic E-state index is 13.0. The molecule has 1 heterocycles. The van der Waals surface area contributed by atoms with Crippen LogP contribution in [0, 0.1) is 26.7 Å². The maximum Gasteiger partial charge on any atom is 0.246 e. The van der Waals surface area contributed by atoms with E-state index in [0.717, 1.165) is 28.1 Å². The quantitative estimate of drug-likeness (QED) is 0.526. The summed E-state index contributed by atoms with van der Waals surface area (Å²) < 4.78 is 27.4. The average molecular weight is 518 g/mol. The molecule has 1 saturated heterocycles. The Hall–Kier alpha value is -2.36. The number of nitrogens with one attached hydrogen (secondary N) is 2. The van der Waals surface area contributed by atoms with Gasteiger partial charge in [0.05, 0.1) is 4.90 Å². The molecule has 2 N–H and O–H groups in total. The summed E-state index contributed by atoms with van der Waals surface area (Å²) in [6, 6.07) is 12.0. The van der Waals surface area contributed by atoms with Crippen LogP contribution in [0.1, 0.15) is 36.0 Å². The normalized spacial score (nSPS) is 16.0. The molecule has 35 heavy (non-hydrogen) atoms. The number of amides is 2. The number of carbonyl (C=O) groups excluding carboxylic acids is 2. The number of aryl methyl sites for hydroxylation is 3. The zero-order chi connectivity index (χ0) is 25.6. The summed E-state index contributed by atoms with van der Waals surface area (Å²) in [7, 11) is -3.58. The van der Waals surface area contributed by atoms with Crippen molar-refractivity contribution in [2.45, 2.75) is 51.0 Å². The highest BCUT2D eigenvalue weighted by atomic mass is 32.2. The first kappa shape index (κ1) is 27.2. The lowest BCUT2D eigenvalue weighted by atomic mass is 9.96. The second kappa shape index (κ2) is 12.1. The number of carbonyl (C=O) groups is 2. The Labute approximate surface area is 213 Å². The molecule has 2 aromatic carbocycles. The molecular weight excluding hydrogens is 482 g/mol. The Morgan fingerprint density at radius 3 is 2.29 bits per heavy atom. The number of hydrogen-bond acceptors (Lipinski definition) is 5. The van der Waals surface area contributed by atoms with Gasteiger partial charge in [-0.25, -0.2) is 8.42 Å². The highest BCUT2D eigenvalue weighted by Gasteiger charge is 2.33. The van der Waals surface area contributed by atoms with Gasteiger partial charge in [0.1, 0.15) is 6.04 Å². The number of benzene rings is 2. The van der Waals surface area contributed by atoms with Crippen molar-refractivity contribution in [3.8, 4) is 0 Å². The summed E-state index contributed by atoms with van der Waals surface area (Å²) in [6.07, 6.45) is 3.32. The van der Waals surface area contributed by atoms with Crippen LogP contribution >= 0.6 is 11.8 Å². The van der Waals surface area contributed by atoms with E-state index in [1.165, 1.54) is 4.31 Å². The molecule has 0 unspecified atom stereocenters. The summed E-state index contributed by atoms with van der Waals surface area (Å²) >= 11 is 1.62. The van der Waals surface area contributed by atoms with Gasteiger partial charge in [-0.05, 0) is 81.4 Å². The third-order valence-electron chi connectivity index (χ3n) is 6.38. The number of hydrogen-bond donors (Lipinski definition) is 2. The van der Waals surface area contributed by atoms with E-state index in [1.54, 1.807) is 36.0 Å². The number of nitrogens with zero attached hydrogens (tertiary/aromatic N) is 1. The van der Waals surface area contributed by atoms with Crippen molar-refractivity contribution in [1.29, 1.82) is 0 Å². The van der Waals surface area contributed by atoms with Crippen molar-refractivity contribution in [2.75, 3.05) is 30.4 Å². The van der Waals surface area contributed by atoms with Gasteiger partial charge >= 0.3 is 0 Å². The first-order chi connectivity index (χ1) is 16.6. The number of piperidine rings is 1. The van der Waals surface area contributed by atoms with E-state index in [0.29, 0.717) is 19.3 Å². The lowest BCUT2D eigenvalue weighted by Crippen LogP contribution is -2.49. The Balaban J connectivity index is 1.61. The maximum atomic E-state index is 13.0. The molecule has 2 aromatic rings. The molecule has 0 aromatic heterocycles. The van der Waals surface area contributed by atoms with Crippen LogP contribution in [0.5, 0.6) is 0 Å². The summed E-state index contributed by atoms with van der Waals surface area (Å²) in [6.45, 7) is 6.36.